The largest absolute Gasteiger partial charge is 0.436 e. The predicted octanol–water partition coefficient (Wildman–Crippen LogP) is 4.66. The van der Waals surface area contributed by atoms with Crippen LogP contribution in [0.15, 0.2) is 22.7 Å². The van der Waals surface area contributed by atoms with E-state index < -0.39 is 6.10 Å². The maximum absolute atomic E-state index is 9.84. The molecule has 0 spiro atoms. The molecule has 2 aromatic heterocycles. The lowest BCUT2D eigenvalue weighted by atomic mass is 9.97. The van der Waals surface area contributed by atoms with E-state index in [9.17, 15) is 10.4 Å². The first-order valence-corrected chi connectivity index (χ1v) is 9.69. The molecule has 0 fully saturated rings. The molecule has 0 amide bonds. The van der Waals surface area contributed by atoms with Crippen molar-refractivity contribution in [2.45, 2.75) is 47.3 Å². The summed E-state index contributed by atoms with van der Waals surface area (Å²) < 4.78 is 8.44. The Morgan fingerprint density at radius 2 is 2.07 bits per heavy atom. The summed E-state index contributed by atoms with van der Waals surface area (Å²) in [6.07, 6.45) is -0.713. The van der Waals surface area contributed by atoms with E-state index in [1.165, 1.54) is 0 Å². The van der Waals surface area contributed by atoms with Crippen LogP contribution in [0, 0.1) is 23.7 Å². The van der Waals surface area contributed by atoms with Gasteiger partial charge in [-0.3, -0.25) is 0 Å². The summed E-state index contributed by atoms with van der Waals surface area (Å²) in [4.78, 5) is 4.37. The van der Waals surface area contributed by atoms with Crippen molar-refractivity contribution in [1.82, 2.24) is 20.0 Å². The molecule has 1 aromatic carbocycles. The van der Waals surface area contributed by atoms with Gasteiger partial charge in [-0.25, -0.2) is 9.67 Å². The van der Waals surface area contributed by atoms with Crippen LogP contribution in [0.1, 0.15) is 50.6 Å². The van der Waals surface area contributed by atoms with Gasteiger partial charge in [0.05, 0.1) is 16.1 Å². The molecule has 0 aliphatic rings. The van der Waals surface area contributed by atoms with Crippen molar-refractivity contribution in [2.75, 3.05) is 0 Å². The second-order valence-corrected chi connectivity index (χ2v) is 8.75. The minimum absolute atomic E-state index is 0.0665. The van der Waals surface area contributed by atoms with Crippen LogP contribution < -0.4 is 4.74 Å². The highest BCUT2D eigenvalue weighted by Gasteiger charge is 2.19. The smallest absolute Gasteiger partial charge is 0.237 e. The van der Waals surface area contributed by atoms with E-state index >= 15 is 0 Å². The second kappa shape index (κ2) is 7.49. The van der Waals surface area contributed by atoms with Gasteiger partial charge in [0.2, 0.25) is 5.88 Å². The number of aryl methyl sites for hydroxylation is 1. The molecule has 0 radical (unpaired) electrons. The number of halogens is 1. The maximum atomic E-state index is 9.84. The lowest BCUT2D eigenvalue weighted by molar-refractivity contribution is 0.198. The molecule has 7 nitrogen and oxygen atoms in total. The number of hydrogen-bond acceptors (Lipinski definition) is 6. The number of aliphatic hydroxyl groups is 1. The third-order valence-electron chi connectivity index (χ3n) is 4.21. The topological polar surface area (TPSA) is 96.9 Å². The van der Waals surface area contributed by atoms with Crippen molar-refractivity contribution >= 4 is 27.0 Å². The van der Waals surface area contributed by atoms with Gasteiger partial charge in [0, 0.05) is 17.8 Å². The molecular formula is C20H22BrN5O2. The zero-order valence-corrected chi connectivity index (χ0v) is 18.1. The van der Waals surface area contributed by atoms with Crippen LogP contribution >= 0.6 is 15.9 Å². The van der Waals surface area contributed by atoms with Crippen molar-refractivity contribution in [3.05, 3.63) is 39.5 Å². The number of hydrogen-bond donors (Lipinski definition) is 1. The molecule has 0 aliphatic carbocycles. The maximum Gasteiger partial charge on any atom is 0.237 e. The van der Waals surface area contributed by atoms with Crippen molar-refractivity contribution < 1.29 is 9.84 Å². The van der Waals surface area contributed by atoms with E-state index in [0.29, 0.717) is 27.0 Å². The summed E-state index contributed by atoms with van der Waals surface area (Å²) >= 11 is 3.54. The van der Waals surface area contributed by atoms with Crippen molar-refractivity contribution in [3.8, 4) is 17.7 Å². The minimum Gasteiger partial charge on any atom is -0.436 e. The van der Waals surface area contributed by atoms with Crippen LogP contribution in [0.25, 0.3) is 11.0 Å². The number of ether oxygens (including phenoxy) is 1. The highest BCUT2D eigenvalue weighted by Crippen LogP contribution is 2.36. The highest BCUT2D eigenvalue weighted by atomic mass is 79.9. The summed E-state index contributed by atoms with van der Waals surface area (Å²) in [5.74, 6) is 0.676. The first kappa shape index (κ1) is 20.2. The van der Waals surface area contributed by atoms with Crippen LogP contribution in [0.4, 0.5) is 0 Å². The lowest BCUT2D eigenvalue weighted by Crippen LogP contribution is -2.16. The lowest BCUT2D eigenvalue weighted by Gasteiger charge is -2.18. The SMILES string of the molecule is Cc1nc(Oc2ccc3c(nnn3CC(C)(C)C)c2Br)c(C#N)cc1C(C)O. The summed E-state index contributed by atoms with van der Waals surface area (Å²) in [5.41, 5.74) is 3.10. The molecular weight excluding hydrogens is 422 g/mol. The molecule has 1 atom stereocenters. The number of fused-ring (bicyclic) bond motifs is 1. The van der Waals surface area contributed by atoms with E-state index in [4.69, 9.17) is 4.74 Å². The van der Waals surface area contributed by atoms with Gasteiger partial charge < -0.3 is 9.84 Å². The minimum atomic E-state index is -0.713. The van der Waals surface area contributed by atoms with E-state index in [-0.39, 0.29) is 16.9 Å². The number of benzene rings is 1. The number of pyridine rings is 1. The van der Waals surface area contributed by atoms with Gasteiger partial charge in [0.25, 0.3) is 0 Å². The van der Waals surface area contributed by atoms with E-state index in [1.54, 1.807) is 26.0 Å². The number of nitriles is 1. The third kappa shape index (κ3) is 4.01. The highest BCUT2D eigenvalue weighted by molar-refractivity contribution is 9.10. The Bertz CT molecular complexity index is 1080. The fourth-order valence-corrected chi connectivity index (χ4v) is 3.41. The van der Waals surface area contributed by atoms with Gasteiger partial charge in [0.1, 0.15) is 22.9 Å². The molecule has 1 N–H and O–H groups in total. The fourth-order valence-electron chi connectivity index (χ4n) is 2.91. The van der Waals surface area contributed by atoms with Gasteiger partial charge in [0.15, 0.2) is 0 Å². The molecule has 2 heterocycles. The van der Waals surface area contributed by atoms with Crippen LogP contribution in [0.5, 0.6) is 11.6 Å². The predicted molar refractivity (Wildman–Crippen MR) is 109 cm³/mol. The monoisotopic (exact) mass is 443 g/mol. The van der Waals surface area contributed by atoms with Crippen LogP contribution in [0.2, 0.25) is 0 Å². The van der Waals surface area contributed by atoms with Crippen molar-refractivity contribution in [1.29, 1.82) is 5.26 Å². The Kier molecular flexibility index (Phi) is 5.41. The third-order valence-corrected chi connectivity index (χ3v) is 4.98. The Hall–Kier alpha value is -2.50. The van der Waals surface area contributed by atoms with Gasteiger partial charge in [-0.2, -0.15) is 5.26 Å². The van der Waals surface area contributed by atoms with Gasteiger partial charge >= 0.3 is 0 Å². The standard InChI is InChI=1S/C20H22BrN5O2/c1-11-14(12(2)27)8-13(9-22)19(23-11)28-16-7-6-15-18(17(16)21)24-25-26(15)10-20(3,4)5/h6-8,12,27H,10H2,1-5H3. The first-order valence-electron chi connectivity index (χ1n) is 8.90. The Morgan fingerprint density at radius 1 is 1.36 bits per heavy atom. The van der Waals surface area contributed by atoms with Gasteiger partial charge in [-0.05, 0) is 53.4 Å². The van der Waals surface area contributed by atoms with E-state index in [0.717, 1.165) is 12.1 Å². The summed E-state index contributed by atoms with van der Waals surface area (Å²) in [7, 11) is 0. The molecule has 0 saturated heterocycles. The molecule has 28 heavy (non-hydrogen) atoms. The van der Waals surface area contributed by atoms with Crippen molar-refractivity contribution in [2.24, 2.45) is 5.41 Å². The zero-order valence-electron chi connectivity index (χ0n) is 16.5. The molecule has 3 aromatic rings. The molecule has 1 unspecified atom stereocenters. The number of aromatic nitrogens is 4. The average Bonchev–Trinajstić information content (AvgIpc) is 2.99. The van der Waals surface area contributed by atoms with Crippen LogP contribution in [-0.4, -0.2) is 25.1 Å². The summed E-state index contributed by atoms with van der Waals surface area (Å²) in [6.45, 7) is 10.6. The van der Waals surface area contributed by atoms with Crippen LogP contribution in [0.3, 0.4) is 0 Å². The normalized spacial score (nSPS) is 12.8. The number of aliphatic hydroxyl groups excluding tert-OH is 1. The molecule has 0 saturated carbocycles. The second-order valence-electron chi connectivity index (χ2n) is 7.96. The van der Waals surface area contributed by atoms with E-state index in [1.807, 2.05) is 10.7 Å². The molecule has 3 rings (SSSR count). The Balaban J connectivity index is 2.01. The zero-order chi connectivity index (χ0) is 20.6. The quantitative estimate of drug-likeness (QED) is 0.629. The summed E-state index contributed by atoms with van der Waals surface area (Å²) in [6, 6.07) is 7.38. The first-order chi connectivity index (χ1) is 13.1. The van der Waals surface area contributed by atoms with E-state index in [2.05, 4.69) is 58.1 Å². The Morgan fingerprint density at radius 3 is 2.68 bits per heavy atom. The number of nitrogens with zero attached hydrogens (tertiary/aromatic N) is 5. The fraction of sp³-hybridized carbons (Fsp3) is 0.400. The van der Waals surface area contributed by atoms with Gasteiger partial charge in [-0.1, -0.05) is 26.0 Å². The molecule has 0 aliphatic heterocycles. The molecule has 8 heteroatoms. The number of rotatable bonds is 4. The average molecular weight is 444 g/mol. The van der Waals surface area contributed by atoms with Crippen molar-refractivity contribution in [3.63, 3.8) is 0 Å². The Labute approximate surface area is 172 Å². The summed E-state index contributed by atoms with van der Waals surface area (Å²) in [5, 5.41) is 27.8. The van der Waals surface area contributed by atoms with Gasteiger partial charge in [-0.15, -0.1) is 5.10 Å². The van der Waals surface area contributed by atoms with Crippen LogP contribution in [-0.2, 0) is 6.54 Å². The molecule has 0 bridgehead atoms. The molecule has 146 valence electrons.